The van der Waals surface area contributed by atoms with Crippen LogP contribution in [0.25, 0.3) is 0 Å². The number of hydrogen-bond donors (Lipinski definition) is 1. The predicted octanol–water partition coefficient (Wildman–Crippen LogP) is 2.18. The van der Waals surface area contributed by atoms with Gasteiger partial charge in [0.05, 0.1) is 11.8 Å². The van der Waals surface area contributed by atoms with Crippen molar-refractivity contribution >= 4 is 0 Å². The zero-order valence-corrected chi connectivity index (χ0v) is 14.5. The minimum atomic E-state index is -0.924. The van der Waals surface area contributed by atoms with E-state index >= 15 is 0 Å². The molecule has 2 heterocycles. The van der Waals surface area contributed by atoms with Crippen LogP contribution in [0, 0.1) is 5.82 Å². The molecule has 0 spiro atoms. The molecule has 1 saturated heterocycles. The highest BCUT2D eigenvalue weighted by atomic mass is 19.1. The number of ether oxygens (including phenoxy) is 1. The summed E-state index contributed by atoms with van der Waals surface area (Å²) in [7, 11) is 0. The van der Waals surface area contributed by atoms with Gasteiger partial charge in [0.1, 0.15) is 6.23 Å². The van der Waals surface area contributed by atoms with Crippen LogP contribution in [0.4, 0.5) is 4.39 Å². The van der Waals surface area contributed by atoms with E-state index in [-0.39, 0.29) is 6.54 Å². The van der Waals surface area contributed by atoms with Crippen molar-refractivity contribution in [3.63, 3.8) is 0 Å². The number of halogens is 1. The van der Waals surface area contributed by atoms with Crippen molar-refractivity contribution < 1.29 is 14.2 Å². The molecule has 6 nitrogen and oxygen atoms in total. The molecular formula is C17H27FN2O4. The van der Waals surface area contributed by atoms with Crippen LogP contribution in [0.5, 0.6) is 0 Å². The molecule has 1 atom stereocenters. The molecule has 1 aromatic heterocycles. The van der Waals surface area contributed by atoms with Gasteiger partial charge < -0.3 is 9.84 Å². The van der Waals surface area contributed by atoms with E-state index in [1.165, 1.54) is 4.57 Å². The third kappa shape index (κ3) is 5.01. The Morgan fingerprint density at radius 3 is 2.62 bits per heavy atom. The molecule has 136 valence electrons. The van der Waals surface area contributed by atoms with Gasteiger partial charge in [0.2, 0.25) is 5.82 Å². The molecule has 1 aliphatic heterocycles. The molecular weight excluding hydrogens is 315 g/mol. The van der Waals surface area contributed by atoms with E-state index < -0.39 is 28.9 Å². The number of aliphatic hydroxyl groups is 1. The molecule has 0 saturated carbocycles. The van der Waals surface area contributed by atoms with Crippen molar-refractivity contribution in [3.05, 3.63) is 32.9 Å². The molecule has 0 radical (unpaired) electrons. The van der Waals surface area contributed by atoms with Gasteiger partial charge in [-0.15, -0.1) is 0 Å². The summed E-state index contributed by atoms with van der Waals surface area (Å²) in [6.07, 6.45) is 5.86. The van der Waals surface area contributed by atoms with Crippen molar-refractivity contribution in [1.82, 2.24) is 9.13 Å². The Morgan fingerprint density at radius 2 is 2.00 bits per heavy atom. The summed E-state index contributed by atoms with van der Waals surface area (Å²) < 4.78 is 21.4. The zero-order valence-electron chi connectivity index (χ0n) is 14.5. The molecule has 0 aromatic carbocycles. The highest BCUT2D eigenvalue weighted by Gasteiger charge is 2.22. The van der Waals surface area contributed by atoms with Crippen LogP contribution in [0.15, 0.2) is 15.8 Å². The first-order valence-corrected chi connectivity index (χ1v) is 8.65. The number of aromatic nitrogens is 2. The van der Waals surface area contributed by atoms with Crippen LogP contribution < -0.4 is 11.2 Å². The minimum absolute atomic E-state index is 0.199. The Bertz CT molecular complexity index is 654. The lowest BCUT2D eigenvalue weighted by atomic mass is 10.0. The average Bonchev–Trinajstić information content (AvgIpc) is 3.02. The van der Waals surface area contributed by atoms with Crippen molar-refractivity contribution in [2.45, 2.75) is 77.2 Å². The molecule has 1 fully saturated rings. The van der Waals surface area contributed by atoms with Gasteiger partial charge in [-0.05, 0) is 39.5 Å². The molecule has 1 unspecified atom stereocenters. The summed E-state index contributed by atoms with van der Waals surface area (Å²) >= 11 is 0. The van der Waals surface area contributed by atoms with E-state index in [9.17, 15) is 19.1 Å². The van der Waals surface area contributed by atoms with E-state index in [1.807, 2.05) is 0 Å². The van der Waals surface area contributed by atoms with Crippen molar-refractivity contribution in [1.29, 1.82) is 0 Å². The van der Waals surface area contributed by atoms with Crippen molar-refractivity contribution in [2.24, 2.45) is 0 Å². The van der Waals surface area contributed by atoms with Gasteiger partial charge >= 0.3 is 5.69 Å². The normalized spacial score (nSPS) is 18.2. The molecule has 0 aliphatic carbocycles. The van der Waals surface area contributed by atoms with Gasteiger partial charge in [0, 0.05) is 13.2 Å². The number of unbranched alkanes of at least 4 members (excludes halogenated alkanes) is 3. The lowest BCUT2D eigenvalue weighted by Gasteiger charge is -2.16. The number of nitrogens with zero attached hydrogens (tertiary/aromatic N) is 2. The molecule has 7 heteroatoms. The first-order chi connectivity index (χ1) is 11.3. The molecule has 24 heavy (non-hydrogen) atoms. The molecule has 1 N–H and O–H groups in total. The van der Waals surface area contributed by atoms with Crippen LogP contribution >= 0.6 is 0 Å². The lowest BCUT2D eigenvalue weighted by Crippen LogP contribution is -2.42. The Hall–Kier alpha value is -1.47. The van der Waals surface area contributed by atoms with E-state index in [0.29, 0.717) is 25.9 Å². The fourth-order valence-electron chi connectivity index (χ4n) is 2.95. The van der Waals surface area contributed by atoms with Gasteiger partial charge in [-0.3, -0.25) is 13.9 Å². The third-order valence-electron chi connectivity index (χ3n) is 4.29. The summed E-state index contributed by atoms with van der Waals surface area (Å²) in [5.41, 5.74) is -2.05. The molecule has 2 rings (SSSR count). The summed E-state index contributed by atoms with van der Waals surface area (Å²) in [6, 6.07) is 0. The summed E-state index contributed by atoms with van der Waals surface area (Å²) in [4.78, 5) is 24.3. The third-order valence-corrected chi connectivity index (χ3v) is 4.29. The SMILES string of the molecule is CC(C)(O)CCCCCCn1c(=O)c(F)cn(C2CCCO2)c1=O. The molecule has 1 aliphatic rings. The fourth-order valence-corrected chi connectivity index (χ4v) is 2.95. The minimum Gasteiger partial charge on any atom is -0.390 e. The second-order valence-electron chi connectivity index (χ2n) is 7.07. The van der Waals surface area contributed by atoms with Crippen LogP contribution in [0.1, 0.15) is 65.0 Å². The van der Waals surface area contributed by atoms with Gasteiger partial charge in [-0.2, -0.15) is 4.39 Å². The van der Waals surface area contributed by atoms with Crippen LogP contribution in [-0.4, -0.2) is 26.4 Å². The van der Waals surface area contributed by atoms with Crippen molar-refractivity contribution in [2.75, 3.05) is 6.61 Å². The monoisotopic (exact) mass is 342 g/mol. The average molecular weight is 342 g/mol. The maximum absolute atomic E-state index is 13.9. The molecule has 1 aromatic rings. The summed E-state index contributed by atoms with van der Waals surface area (Å²) in [6.45, 7) is 4.28. The van der Waals surface area contributed by atoms with Crippen LogP contribution in [0.3, 0.4) is 0 Å². The topological polar surface area (TPSA) is 73.5 Å². The first-order valence-electron chi connectivity index (χ1n) is 8.65. The lowest BCUT2D eigenvalue weighted by molar-refractivity contribution is 0.0502. The fraction of sp³-hybridized carbons (Fsp3) is 0.765. The second kappa shape index (κ2) is 8.07. The summed E-state index contributed by atoms with van der Waals surface area (Å²) in [5.74, 6) is -0.924. The highest BCUT2D eigenvalue weighted by Crippen LogP contribution is 2.20. The maximum atomic E-state index is 13.9. The van der Waals surface area contributed by atoms with E-state index in [1.54, 1.807) is 13.8 Å². The van der Waals surface area contributed by atoms with Gasteiger partial charge in [-0.1, -0.05) is 19.3 Å². The van der Waals surface area contributed by atoms with Crippen LogP contribution in [0.2, 0.25) is 0 Å². The standard InChI is InChI=1S/C17H27FN2O4/c1-17(2,23)9-5-3-4-6-10-19-15(21)13(18)12-20(16(19)22)14-8-7-11-24-14/h12,14,23H,3-11H2,1-2H3. The Kier molecular flexibility index (Phi) is 6.34. The number of rotatable bonds is 8. The van der Waals surface area contributed by atoms with E-state index in [4.69, 9.17) is 4.74 Å². The van der Waals surface area contributed by atoms with Gasteiger partial charge in [0.25, 0.3) is 5.56 Å². The quantitative estimate of drug-likeness (QED) is 0.735. The first kappa shape index (κ1) is 18.9. The molecule has 0 amide bonds. The Labute approximate surface area is 140 Å². The van der Waals surface area contributed by atoms with Gasteiger partial charge in [-0.25, -0.2) is 4.79 Å². The number of hydrogen-bond acceptors (Lipinski definition) is 4. The largest absolute Gasteiger partial charge is 0.390 e. The van der Waals surface area contributed by atoms with E-state index in [2.05, 4.69) is 0 Å². The molecule has 0 bridgehead atoms. The highest BCUT2D eigenvalue weighted by molar-refractivity contribution is 4.92. The predicted molar refractivity (Wildman–Crippen MR) is 88.5 cm³/mol. The second-order valence-corrected chi connectivity index (χ2v) is 7.07. The Balaban J connectivity index is 1.97. The Morgan fingerprint density at radius 1 is 1.29 bits per heavy atom. The van der Waals surface area contributed by atoms with Crippen molar-refractivity contribution in [3.8, 4) is 0 Å². The maximum Gasteiger partial charge on any atom is 0.333 e. The van der Waals surface area contributed by atoms with E-state index in [0.717, 1.165) is 36.4 Å². The van der Waals surface area contributed by atoms with Gasteiger partial charge in [0.15, 0.2) is 0 Å². The smallest absolute Gasteiger partial charge is 0.333 e. The van der Waals surface area contributed by atoms with Crippen LogP contribution in [-0.2, 0) is 11.3 Å². The summed E-state index contributed by atoms with van der Waals surface area (Å²) in [5, 5.41) is 9.65. The zero-order chi connectivity index (χ0) is 17.7.